The van der Waals surface area contributed by atoms with Gasteiger partial charge in [0.25, 0.3) is 0 Å². The minimum absolute atomic E-state index is 0.0101. The van der Waals surface area contributed by atoms with Crippen LogP contribution in [0.15, 0.2) is 18.2 Å². The molecule has 1 fully saturated rings. The summed E-state index contributed by atoms with van der Waals surface area (Å²) in [6.07, 6.45) is 2.40. The molecule has 3 atom stereocenters. The number of methoxy groups -OCH3 is 1. The predicted octanol–water partition coefficient (Wildman–Crippen LogP) is 2.41. The molecule has 3 unspecified atom stereocenters. The molecule has 2 aliphatic carbocycles. The van der Waals surface area contributed by atoms with Crippen molar-refractivity contribution in [3.63, 3.8) is 0 Å². The zero-order chi connectivity index (χ0) is 18.2. The Hall–Kier alpha value is -1.59. The second kappa shape index (κ2) is 6.61. The van der Waals surface area contributed by atoms with E-state index in [1.165, 1.54) is 5.56 Å². The molecule has 0 bridgehead atoms. The lowest BCUT2D eigenvalue weighted by Gasteiger charge is -2.60. The Morgan fingerprint density at radius 2 is 2.16 bits per heavy atom. The Balaban J connectivity index is 1.78. The van der Waals surface area contributed by atoms with Crippen LogP contribution >= 0.6 is 0 Å². The van der Waals surface area contributed by atoms with E-state index >= 15 is 0 Å². The molecule has 0 radical (unpaired) electrons. The van der Waals surface area contributed by atoms with Gasteiger partial charge in [-0.2, -0.15) is 0 Å². The maximum Gasteiger partial charge on any atom is 0.228 e. The maximum absolute atomic E-state index is 13.0. The summed E-state index contributed by atoms with van der Waals surface area (Å²) in [6, 6.07) is 5.95. The molecular formula is C20H29NO4. The van der Waals surface area contributed by atoms with Crippen molar-refractivity contribution in [2.75, 3.05) is 20.3 Å². The van der Waals surface area contributed by atoms with E-state index in [2.05, 4.69) is 19.2 Å². The summed E-state index contributed by atoms with van der Waals surface area (Å²) in [5.74, 6) is 0.579. The van der Waals surface area contributed by atoms with Gasteiger partial charge in [-0.25, -0.2) is 0 Å². The predicted molar refractivity (Wildman–Crippen MR) is 95.8 cm³/mol. The monoisotopic (exact) mass is 347 g/mol. The van der Waals surface area contributed by atoms with Crippen molar-refractivity contribution in [1.29, 1.82) is 0 Å². The highest BCUT2D eigenvalue weighted by molar-refractivity contribution is 5.86. The topological polar surface area (TPSA) is 67.8 Å². The third kappa shape index (κ3) is 2.83. The van der Waals surface area contributed by atoms with Gasteiger partial charge < -0.3 is 19.9 Å². The highest BCUT2D eigenvalue weighted by atomic mass is 16.5. The first-order valence-corrected chi connectivity index (χ1v) is 9.10. The Labute approximate surface area is 149 Å². The van der Waals surface area contributed by atoms with Gasteiger partial charge in [0.15, 0.2) is 0 Å². The molecule has 0 aromatic heterocycles. The quantitative estimate of drug-likeness (QED) is 0.829. The van der Waals surface area contributed by atoms with E-state index in [1.807, 2.05) is 25.1 Å². The fourth-order valence-corrected chi connectivity index (χ4v) is 4.30. The fourth-order valence-electron chi connectivity index (χ4n) is 4.30. The van der Waals surface area contributed by atoms with Crippen LogP contribution < -0.4 is 10.1 Å². The van der Waals surface area contributed by atoms with E-state index in [0.717, 1.165) is 24.2 Å². The van der Waals surface area contributed by atoms with Crippen LogP contribution in [0.4, 0.5) is 0 Å². The molecule has 2 aliphatic rings. The minimum Gasteiger partial charge on any atom is -0.497 e. The number of ether oxygens (including phenoxy) is 2. The first-order valence-electron chi connectivity index (χ1n) is 9.10. The lowest BCUT2D eigenvalue weighted by molar-refractivity contribution is -0.181. The number of nitrogens with one attached hydrogen (secondary N) is 1. The summed E-state index contributed by atoms with van der Waals surface area (Å²) < 4.78 is 11.1. The van der Waals surface area contributed by atoms with E-state index < -0.39 is 5.54 Å². The molecule has 0 saturated heterocycles. The summed E-state index contributed by atoms with van der Waals surface area (Å²) in [5, 5.41) is 13.2. The molecule has 5 heteroatoms. The van der Waals surface area contributed by atoms with Crippen LogP contribution in [0.3, 0.4) is 0 Å². The van der Waals surface area contributed by atoms with Crippen molar-refractivity contribution in [2.24, 2.45) is 5.41 Å². The number of carbonyl (C=O) groups is 1. The SMILES string of the molecule is CCOC1CC(CO)(NC(=O)C2CCc3ccc(OC)cc32)C1(C)C. The van der Waals surface area contributed by atoms with E-state index in [4.69, 9.17) is 9.47 Å². The molecule has 1 aromatic rings. The number of benzene rings is 1. The number of aliphatic hydroxyl groups excluding tert-OH is 1. The van der Waals surface area contributed by atoms with Crippen molar-refractivity contribution in [3.05, 3.63) is 29.3 Å². The molecule has 25 heavy (non-hydrogen) atoms. The van der Waals surface area contributed by atoms with Gasteiger partial charge >= 0.3 is 0 Å². The highest BCUT2D eigenvalue weighted by Gasteiger charge is 2.61. The number of hydrogen-bond donors (Lipinski definition) is 2. The van der Waals surface area contributed by atoms with E-state index in [-0.39, 0.29) is 30.0 Å². The van der Waals surface area contributed by atoms with Gasteiger partial charge in [0.05, 0.1) is 31.3 Å². The van der Waals surface area contributed by atoms with Crippen LogP contribution in [-0.4, -0.2) is 43.0 Å². The van der Waals surface area contributed by atoms with Gasteiger partial charge in [-0.3, -0.25) is 4.79 Å². The van der Waals surface area contributed by atoms with E-state index in [0.29, 0.717) is 13.0 Å². The molecule has 2 N–H and O–H groups in total. The van der Waals surface area contributed by atoms with Crippen LogP contribution in [0.2, 0.25) is 0 Å². The standard InChI is InChI=1S/C20H29NO4/c1-5-25-17-11-20(12-22,19(17,2)3)21-18(23)15-9-7-13-6-8-14(24-4)10-16(13)15/h6,8,10,15,17,22H,5,7,9,11-12H2,1-4H3,(H,21,23). The molecule has 1 saturated carbocycles. The van der Waals surface area contributed by atoms with Crippen LogP contribution in [0.5, 0.6) is 5.75 Å². The van der Waals surface area contributed by atoms with Crippen LogP contribution in [-0.2, 0) is 16.0 Å². The van der Waals surface area contributed by atoms with Crippen molar-refractivity contribution < 1.29 is 19.4 Å². The third-order valence-electron chi connectivity index (χ3n) is 6.32. The molecule has 0 spiro atoms. The van der Waals surface area contributed by atoms with Gasteiger partial charge in [-0.1, -0.05) is 19.9 Å². The first-order chi connectivity index (χ1) is 11.9. The Kier molecular flexibility index (Phi) is 4.82. The zero-order valence-corrected chi connectivity index (χ0v) is 15.6. The zero-order valence-electron chi connectivity index (χ0n) is 15.6. The molecule has 3 rings (SSSR count). The molecule has 5 nitrogen and oxygen atoms in total. The average molecular weight is 347 g/mol. The van der Waals surface area contributed by atoms with Crippen LogP contribution in [0.1, 0.15) is 50.7 Å². The van der Waals surface area contributed by atoms with Crippen LogP contribution in [0, 0.1) is 5.41 Å². The van der Waals surface area contributed by atoms with Crippen molar-refractivity contribution in [2.45, 2.75) is 57.6 Å². The number of rotatable bonds is 6. The lowest BCUT2D eigenvalue weighted by Crippen LogP contribution is -2.74. The van der Waals surface area contributed by atoms with Gasteiger partial charge in [-0.05, 0) is 43.0 Å². The maximum atomic E-state index is 13.0. The van der Waals surface area contributed by atoms with E-state index in [9.17, 15) is 9.90 Å². The lowest BCUT2D eigenvalue weighted by atomic mass is 9.54. The molecule has 0 aliphatic heterocycles. The van der Waals surface area contributed by atoms with E-state index in [1.54, 1.807) is 7.11 Å². The second-order valence-corrected chi connectivity index (χ2v) is 7.76. The van der Waals surface area contributed by atoms with Crippen molar-refractivity contribution >= 4 is 5.91 Å². The summed E-state index contributed by atoms with van der Waals surface area (Å²) in [4.78, 5) is 13.0. The van der Waals surface area contributed by atoms with Crippen LogP contribution in [0.25, 0.3) is 0 Å². The molecule has 0 heterocycles. The van der Waals surface area contributed by atoms with Gasteiger partial charge in [0, 0.05) is 18.4 Å². The number of carbonyl (C=O) groups excluding carboxylic acids is 1. The smallest absolute Gasteiger partial charge is 0.228 e. The summed E-state index contributed by atoms with van der Waals surface area (Å²) in [7, 11) is 1.64. The normalized spacial score (nSPS) is 29.6. The molecular weight excluding hydrogens is 318 g/mol. The number of fused-ring (bicyclic) bond motifs is 1. The fraction of sp³-hybridized carbons (Fsp3) is 0.650. The molecule has 1 amide bonds. The van der Waals surface area contributed by atoms with Gasteiger partial charge in [0.2, 0.25) is 5.91 Å². The summed E-state index contributed by atoms with van der Waals surface area (Å²) in [5.41, 5.74) is 1.33. The average Bonchev–Trinajstić information content (AvgIpc) is 3.03. The number of amides is 1. The Morgan fingerprint density at radius 1 is 1.40 bits per heavy atom. The first kappa shape index (κ1) is 18.2. The number of aryl methyl sites for hydroxylation is 1. The van der Waals surface area contributed by atoms with Gasteiger partial charge in [0.1, 0.15) is 5.75 Å². The third-order valence-corrected chi connectivity index (χ3v) is 6.32. The Morgan fingerprint density at radius 3 is 2.76 bits per heavy atom. The van der Waals surface area contributed by atoms with Gasteiger partial charge in [-0.15, -0.1) is 0 Å². The summed E-state index contributed by atoms with van der Waals surface area (Å²) >= 11 is 0. The highest BCUT2D eigenvalue weighted by Crippen LogP contribution is 2.51. The Bertz CT molecular complexity index is 657. The minimum atomic E-state index is -0.620. The summed E-state index contributed by atoms with van der Waals surface area (Å²) in [6.45, 7) is 6.64. The largest absolute Gasteiger partial charge is 0.497 e. The second-order valence-electron chi connectivity index (χ2n) is 7.76. The molecule has 138 valence electrons. The van der Waals surface area contributed by atoms with Crippen molar-refractivity contribution in [1.82, 2.24) is 5.32 Å². The number of aliphatic hydroxyl groups is 1. The molecule has 1 aromatic carbocycles. The number of hydrogen-bond acceptors (Lipinski definition) is 4. The van der Waals surface area contributed by atoms with Crippen molar-refractivity contribution in [3.8, 4) is 5.75 Å².